The number of sulfone groups is 1. The molecule has 0 saturated carbocycles. The molecule has 1 amide bonds. The number of amides is 1. The molecule has 1 aromatic rings. The van der Waals surface area contributed by atoms with E-state index < -0.39 is 33.7 Å². The van der Waals surface area contributed by atoms with Gasteiger partial charge >= 0.3 is 5.97 Å². The summed E-state index contributed by atoms with van der Waals surface area (Å²) in [6.45, 7) is 3.27. The molecule has 0 unspecified atom stereocenters. The lowest BCUT2D eigenvalue weighted by atomic mass is 10.1. The van der Waals surface area contributed by atoms with Crippen LogP contribution >= 0.6 is 11.6 Å². The molecule has 6 nitrogen and oxygen atoms in total. The quantitative estimate of drug-likeness (QED) is 0.803. The Morgan fingerprint density at radius 2 is 2.12 bits per heavy atom. The molecule has 1 N–H and O–H groups in total. The highest BCUT2D eigenvalue weighted by molar-refractivity contribution is 7.94. The van der Waals surface area contributed by atoms with Crippen molar-refractivity contribution in [2.24, 2.45) is 5.92 Å². The van der Waals surface area contributed by atoms with Crippen molar-refractivity contribution in [1.82, 2.24) is 0 Å². The normalized spacial score (nSPS) is 19.7. The summed E-state index contributed by atoms with van der Waals surface area (Å²) in [5.41, 5.74) is 1.37. The Morgan fingerprint density at radius 1 is 1.42 bits per heavy atom. The summed E-state index contributed by atoms with van der Waals surface area (Å²) in [7, 11) is -3.22. The number of rotatable bonds is 5. The van der Waals surface area contributed by atoms with Crippen LogP contribution in [-0.2, 0) is 24.2 Å². The van der Waals surface area contributed by atoms with E-state index in [-0.39, 0.29) is 12.2 Å². The molecule has 24 heavy (non-hydrogen) atoms. The zero-order valence-corrected chi connectivity index (χ0v) is 14.9. The molecule has 1 heterocycles. The molecule has 2 atom stereocenters. The van der Waals surface area contributed by atoms with Gasteiger partial charge in [-0.2, -0.15) is 0 Å². The molecule has 1 aromatic carbocycles. The number of nitrogens with one attached hydrogen (secondary N) is 1. The van der Waals surface area contributed by atoms with E-state index in [0.717, 1.165) is 11.0 Å². The zero-order valence-electron chi connectivity index (χ0n) is 13.3. The van der Waals surface area contributed by atoms with Crippen molar-refractivity contribution in [2.45, 2.75) is 26.4 Å². The Hall–Kier alpha value is -1.86. The number of anilines is 1. The first kappa shape index (κ1) is 18.5. The van der Waals surface area contributed by atoms with Gasteiger partial charge < -0.3 is 10.1 Å². The first-order valence-corrected chi connectivity index (χ1v) is 9.43. The topological polar surface area (TPSA) is 89.5 Å². The molecule has 0 aliphatic carbocycles. The Kier molecular flexibility index (Phi) is 5.66. The van der Waals surface area contributed by atoms with Crippen LogP contribution < -0.4 is 5.32 Å². The molecule has 8 heteroatoms. The van der Waals surface area contributed by atoms with Gasteiger partial charge in [0.2, 0.25) is 0 Å². The standard InChI is InChI=1S/C16H18ClNO5S/c1-10-3-4-13(17)8-14(10)18-16(20)11(2)23-15(19)7-12-5-6-24(21,22)9-12/h3-6,8,11-12H,7,9H2,1-2H3,(H,18,20)/t11-,12+/m1/s1. The number of ether oxygens (including phenoxy) is 1. The predicted octanol–water partition coefficient (Wildman–Crippen LogP) is 2.47. The average molecular weight is 372 g/mol. The maximum absolute atomic E-state index is 12.1. The lowest BCUT2D eigenvalue weighted by molar-refractivity contribution is -0.153. The Balaban J connectivity index is 1.88. The average Bonchev–Trinajstić information content (AvgIpc) is 2.81. The molecule has 0 aromatic heterocycles. The molecule has 2 rings (SSSR count). The summed E-state index contributed by atoms with van der Waals surface area (Å²) in [4.78, 5) is 24.0. The minimum Gasteiger partial charge on any atom is -0.453 e. The predicted molar refractivity (Wildman–Crippen MR) is 91.4 cm³/mol. The number of aryl methyl sites for hydroxylation is 1. The number of hydrogen-bond acceptors (Lipinski definition) is 5. The number of carbonyl (C=O) groups is 2. The van der Waals surface area contributed by atoms with Gasteiger partial charge in [-0.15, -0.1) is 0 Å². The van der Waals surface area contributed by atoms with Crippen molar-refractivity contribution in [3.8, 4) is 0 Å². The van der Waals surface area contributed by atoms with E-state index in [0.29, 0.717) is 10.7 Å². The third-order valence-corrected chi connectivity index (χ3v) is 5.27. The van der Waals surface area contributed by atoms with Crippen LogP contribution in [0.15, 0.2) is 29.7 Å². The fourth-order valence-electron chi connectivity index (χ4n) is 2.24. The second kappa shape index (κ2) is 7.36. The Labute approximate surface area is 145 Å². The molecule has 0 saturated heterocycles. The van der Waals surface area contributed by atoms with Crippen LogP contribution in [0.3, 0.4) is 0 Å². The van der Waals surface area contributed by atoms with Crippen LogP contribution in [0.5, 0.6) is 0 Å². The van der Waals surface area contributed by atoms with Gasteiger partial charge in [0.15, 0.2) is 15.9 Å². The van der Waals surface area contributed by atoms with Gasteiger partial charge in [0.05, 0.1) is 12.2 Å². The fraction of sp³-hybridized carbons (Fsp3) is 0.375. The summed E-state index contributed by atoms with van der Waals surface area (Å²) >= 11 is 5.89. The molecular formula is C16H18ClNO5S. The van der Waals surface area contributed by atoms with Crippen LogP contribution in [-0.4, -0.2) is 32.2 Å². The molecule has 0 bridgehead atoms. The number of carbonyl (C=O) groups excluding carboxylic acids is 2. The maximum atomic E-state index is 12.1. The largest absolute Gasteiger partial charge is 0.453 e. The molecule has 0 fully saturated rings. The van der Waals surface area contributed by atoms with E-state index in [4.69, 9.17) is 16.3 Å². The van der Waals surface area contributed by atoms with Crippen LogP contribution in [0.2, 0.25) is 5.02 Å². The SMILES string of the molecule is Cc1ccc(Cl)cc1NC(=O)[C@@H](C)OC(=O)C[C@@H]1C=CS(=O)(=O)C1. The van der Waals surface area contributed by atoms with E-state index in [1.807, 2.05) is 6.92 Å². The monoisotopic (exact) mass is 371 g/mol. The van der Waals surface area contributed by atoms with Crippen molar-refractivity contribution in [3.05, 3.63) is 40.3 Å². The highest BCUT2D eigenvalue weighted by Gasteiger charge is 2.26. The van der Waals surface area contributed by atoms with Gasteiger partial charge in [-0.1, -0.05) is 23.7 Å². The van der Waals surface area contributed by atoms with Gasteiger partial charge in [0.1, 0.15) is 0 Å². The molecule has 0 radical (unpaired) electrons. The summed E-state index contributed by atoms with van der Waals surface area (Å²) in [5.74, 6) is -1.62. The maximum Gasteiger partial charge on any atom is 0.307 e. The molecule has 1 aliphatic heterocycles. The van der Waals surface area contributed by atoms with Crippen molar-refractivity contribution in [3.63, 3.8) is 0 Å². The fourth-order valence-corrected chi connectivity index (χ4v) is 3.81. The summed E-state index contributed by atoms with van der Waals surface area (Å²) < 4.78 is 27.7. The van der Waals surface area contributed by atoms with E-state index >= 15 is 0 Å². The van der Waals surface area contributed by atoms with Gasteiger partial charge in [0, 0.05) is 22.0 Å². The number of allylic oxidation sites excluding steroid dienone is 1. The van der Waals surface area contributed by atoms with Crippen molar-refractivity contribution >= 4 is 39.0 Å². The number of hydrogen-bond donors (Lipinski definition) is 1. The highest BCUT2D eigenvalue weighted by Crippen LogP contribution is 2.21. The summed E-state index contributed by atoms with van der Waals surface area (Å²) in [6.07, 6.45) is 0.387. The highest BCUT2D eigenvalue weighted by atomic mass is 35.5. The van der Waals surface area contributed by atoms with Crippen LogP contribution in [0, 0.1) is 12.8 Å². The van der Waals surface area contributed by atoms with E-state index in [9.17, 15) is 18.0 Å². The third kappa shape index (κ3) is 5.07. The summed E-state index contributed by atoms with van der Waals surface area (Å²) in [5, 5.41) is 4.23. The first-order chi connectivity index (χ1) is 11.2. The van der Waals surface area contributed by atoms with E-state index in [1.165, 1.54) is 13.0 Å². The third-order valence-electron chi connectivity index (χ3n) is 3.57. The zero-order chi connectivity index (χ0) is 17.9. The lowest BCUT2D eigenvalue weighted by Crippen LogP contribution is -2.30. The number of esters is 1. The van der Waals surface area contributed by atoms with Crippen molar-refractivity contribution in [1.29, 1.82) is 0 Å². The Bertz CT molecular complexity index is 788. The van der Waals surface area contributed by atoms with Gasteiger partial charge in [0.25, 0.3) is 5.91 Å². The molecular weight excluding hydrogens is 354 g/mol. The molecule has 0 spiro atoms. The Morgan fingerprint density at radius 3 is 2.75 bits per heavy atom. The van der Waals surface area contributed by atoms with E-state index in [1.54, 1.807) is 18.2 Å². The summed E-state index contributed by atoms with van der Waals surface area (Å²) in [6, 6.07) is 5.08. The minimum atomic E-state index is -3.22. The van der Waals surface area contributed by atoms with E-state index in [2.05, 4.69) is 5.32 Å². The van der Waals surface area contributed by atoms with Crippen LogP contribution in [0.1, 0.15) is 18.9 Å². The van der Waals surface area contributed by atoms with Gasteiger partial charge in [-0.05, 0) is 31.5 Å². The molecule has 130 valence electrons. The van der Waals surface area contributed by atoms with Gasteiger partial charge in [-0.3, -0.25) is 9.59 Å². The smallest absolute Gasteiger partial charge is 0.307 e. The number of benzene rings is 1. The first-order valence-electron chi connectivity index (χ1n) is 7.34. The molecule has 1 aliphatic rings. The van der Waals surface area contributed by atoms with Gasteiger partial charge in [-0.25, -0.2) is 8.42 Å². The van der Waals surface area contributed by atoms with Crippen LogP contribution in [0.4, 0.5) is 5.69 Å². The second-order valence-corrected chi connectivity index (χ2v) is 8.07. The van der Waals surface area contributed by atoms with Crippen molar-refractivity contribution < 1.29 is 22.7 Å². The minimum absolute atomic E-state index is 0.0798. The number of halogens is 1. The lowest BCUT2D eigenvalue weighted by Gasteiger charge is -2.15. The van der Waals surface area contributed by atoms with Crippen molar-refractivity contribution in [2.75, 3.05) is 11.1 Å². The second-order valence-electron chi connectivity index (χ2n) is 5.70. The van der Waals surface area contributed by atoms with Crippen LogP contribution in [0.25, 0.3) is 0 Å².